The van der Waals surface area contributed by atoms with E-state index in [4.69, 9.17) is 16.3 Å². The summed E-state index contributed by atoms with van der Waals surface area (Å²) in [5.74, 6) is -0.157. The van der Waals surface area contributed by atoms with Gasteiger partial charge >= 0.3 is 0 Å². The van der Waals surface area contributed by atoms with Gasteiger partial charge in [0, 0.05) is 37.4 Å². The first-order chi connectivity index (χ1) is 17.2. The third kappa shape index (κ3) is 7.19. The fraction of sp³-hybridized carbons (Fsp3) is 0.360. The van der Waals surface area contributed by atoms with Crippen molar-refractivity contribution in [3.8, 4) is 5.75 Å². The fourth-order valence-corrected chi connectivity index (χ4v) is 4.10. The van der Waals surface area contributed by atoms with Crippen molar-refractivity contribution in [3.05, 3.63) is 58.6 Å². The van der Waals surface area contributed by atoms with Crippen LogP contribution in [0.2, 0.25) is 5.02 Å². The second kappa shape index (κ2) is 12.4. The molecule has 1 heterocycles. The van der Waals surface area contributed by atoms with Gasteiger partial charge in [0.15, 0.2) is 0 Å². The van der Waals surface area contributed by atoms with Gasteiger partial charge in [-0.3, -0.25) is 19.4 Å². The molecular formula is C25H31ClN6O4. The number of nitrogens with zero attached hydrogens (tertiary/aromatic N) is 3. The molecule has 0 aromatic heterocycles. The third-order valence-corrected chi connectivity index (χ3v) is 5.77. The van der Waals surface area contributed by atoms with Crippen LogP contribution in [0.1, 0.15) is 15.9 Å². The zero-order chi connectivity index (χ0) is 26.2. The van der Waals surface area contributed by atoms with E-state index >= 15 is 0 Å². The lowest BCUT2D eigenvalue weighted by Gasteiger charge is -2.25. The normalized spacial score (nSPS) is 15.7. The van der Waals surface area contributed by atoms with Crippen LogP contribution < -0.4 is 20.8 Å². The smallest absolute Gasteiger partial charge is 0.251 e. The van der Waals surface area contributed by atoms with E-state index < -0.39 is 5.92 Å². The van der Waals surface area contributed by atoms with Crippen LogP contribution in [-0.2, 0) is 16.0 Å². The van der Waals surface area contributed by atoms with Crippen molar-refractivity contribution in [2.45, 2.75) is 6.42 Å². The molecule has 3 amide bonds. The maximum atomic E-state index is 13.5. The molecule has 36 heavy (non-hydrogen) atoms. The molecule has 11 heteroatoms. The number of benzene rings is 2. The van der Waals surface area contributed by atoms with Crippen molar-refractivity contribution < 1.29 is 19.1 Å². The minimum atomic E-state index is -0.511. The zero-order valence-corrected chi connectivity index (χ0v) is 21.6. The highest BCUT2D eigenvalue weighted by atomic mass is 35.5. The minimum Gasteiger partial charge on any atom is -0.496 e. The van der Waals surface area contributed by atoms with Crippen molar-refractivity contribution in [3.63, 3.8) is 0 Å². The Morgan fingerprint density at radius 2 is 2.00 bits per heavy atom. The summed E-state index contributed by atoms with van der Waals surface area (Å²) in [4.78, 5) is 44.4. The van der Waals surface area contributed by atoms with Gasteiger partial charge in [0.05, 0.1) is 26.1 Å². The van der Waals surface area contributed by atoms with Crippen LogP contribution >= 0.6 is 11.6 Å². The van der Waals surface area contributed by atoms with Gasteiger partial charge in [0.1, 0.15) is 18.1 Å². The molecular weight excluding hydrogens is 484 g/mol. The first-order valence-corrected chi connectivity index (χ1v) is 11.8. The van der Waals surface area contributed by atoms with Crippen LogP contribution in [0, 0.1) is 5.92 Å². The molecule has 3 rings (SSSR count). The van der Waals surface area contributed by atoms with Crippen LogP contribution in [0.15, 0.2) is 47.5 Å². The lowest BCUT2D eigenvalue weighted by Crippen LogP contribution is -2.47. The van der Waals surface area contributed by atoms with E-state index in [0.29, 0.717) is 34.3 Å². The standard InChI is InChI=1S/C25H31ClN6O4/c1-27-24(34)16-6-5-7-20(12-16)29-23(33)15-32-14-22(30-31(2)3)28-13-18(25(32)35)10-17-11-19(26)8-9-21(17)36-4/h5-9,11-12,18H,10,13-15H2,1-4H3,(H,27,34)(H,28,30)(H,29,33)/t18-/m1/s1. The van der Waals surface area contributed by atoms with Crippen LogP contribution in [0.25, 0.3) is 0 Å². The van der Waals surface area contributed by atoms with E-state index in [1.54, 1.807) is 54.6 Å². The summed E-state index contributed by atoms with van der Waals surface area (Å²) in [5, 5.41) is 7.60. The lowest BCUT2D eigenvalue weighted by atomic mass is 9.97. The number of hydrogen-bond donors (Lipinski definition) is 3. The van der Waals surface area contributed by atoms with Crippen molar-refractivity contribution in [1.82, 2.24) is 20.7 Å². The predicted molar refractivity (Wildman–Crippen MR) is 139 cm³/mol. The number of hydrogen-bond acceptors (Lipinski definition) is 7. The molecule has 0 saturated carbocycles. The van der Waals surface area contributed by atoms with Crippen LogP contribution in [-0.4, -0.2) is 81.4 Å². The highest BCUT2D eigenvalue weighted by molar-refractivity contribution is 6.30. The molecule has 0 bridgehead atoms. The Balaban J connectivity index is 1.79. The first kappa shape index (κ1) is 27.0. The zero-order valence-electron chi connectivity index (χ0n) is 20.8. The molecule has 10 nitrogen and oxygen atoms in total. The predicted octanol–water partition coefficient (Wildman–Crippen LogP) is 1.81. The van der Waals surface area contributed by atoms with Gasteiger partial charge in [-0.1, -0.05) is 17.7 Å². The molecule has 1 aliphatic heterocycles. The number of amides is 3. The molecule has 1 aliphatic rings. The maximum absolute atomic E-state index is 13.5. The first-order valence-electron chi connectivity index (χ1n) is 11.4. The van der Waals surface area contributed by atoms with E-state index in [1.165, 1.54) is 11.9 Å². The Bertz CT molecular complexity index is 1150. The number of halogens is 1. The summed E-state index contributed by atoms with van der Waals surface area (Å²) < 4.78 is 5.44. The molecule has 0 unspecified atom stereocenters. The molecule has 0 aliphatic carbocycles. The number of rotatable bonds is 8. The summed E-state index contributed by atoms with van der Waals surface area (Å²) >= 11 is 6.18. The summed E-state index contributed by atoms with van der Waals surface area (Å²) in [7, 11) is 6.74. The largest absolute Gasteiger partial charge is 0.496 e. The van der Waals surface area contributed by atoms with Crippen LogP contribution in [0.3, 0.4) is 0 Å². The van der Waals surface area contributed by atoms with Crippen LogP contribution in [0.5, 0.6) is 5.75 Å². The van der Waals surface area contributed by atoms with Gasteiger partial charge in [0.2, 0.25) is 11.8 Å². The van der Waals surface area contributed by atoms with Gasteiger partial charge < -0.3 is 25.7 Å². The number of nitrogens with one attached hydrogen (secondary N) is 3. The van der Waals surface area contributed by atoms with E-state index in [9.17, 15) is 14.4 Å². The Morgan fingerprint density at radius 3 is 2.69 bits per heavy atom. The second-order valence-corrected chi connectivity index (χ2v) is 8.99. The van der Waals surface area contributed by atoms with Gasteiger partial charge in [0.25, 0.3) is 5.91 Å². The second-order valence-electron chi connectivity index (χ2n) is 8.55. The minimum absolute atomic E-state index is 0.145. The average molecular weight is 515 g/mol. The molecule has 1 atom stereocenters. The summed E-state index contributed by atoms with van der Waals surface area (Å²) in [6.07, 6.45) is 0.355. The number of ether oxygens (including phenoxy) is 1. The third-order valence-electron chi connectivity index (χ3n) is 5.54. The van der Waals surface area contributed by atoms with E-state index in [1.807, 2.05) is 14.1 Å². The molecule has 2 aromatic carbocycles. The molecule has 192 valence electrons. The summed E-state index contributed by atoms with van der Waals surface area (Å²) in [5.41, 5.74) is 4.77. The SMILES string of the molecule is CNC(=O)c1cccc(NC(=O)CN2CC(NN(C)C)=NC[C@@H](Cc3cc(Cl)ccc3OC)C2=O)c1. The Hall–Kier alpha value is -3.63. The number of hydrazine groups is 1. The number of amidine groups is 1. The topological polar surface area (TPSA) is 115 Å². The Labute approximate surface area is 215 Å². The van der Waals surface area contributed by atoms with Crippen molar-refractivity contribution in [2.24, 2.45) is 10.9 Å². The van der Waals surface area contributed by atoms with Crippen molar-refractivity contribution >= 4 is 40.8 Å². The number of carbonyl (C=O) groups is 3. The molecule has 0 spiro atoms. The average Bonchev–Trinajstić information content (AvgIpc) is 2.97. The van der Waals surface area contributed by atoms with E-state index in [2.05, 4.69) is 21.1 Å². The monoisotopic (exact) mass is 514 g/mol. The van der Waals surface area contributed by atoms with Gasteiger partial charge in [-0.25, -0.2) is 5.01 Å². The highest BCUT2D eigenvalue weighted by Crippen LogP contribution is 2.26. The number of aliphatic imine (C=N–C) groups is 1. The van der Waals surface area contributed by atoms with E-state index in [0.717, 1.165) is 5.56 Å². The Morgan fingerprint density at radius 1 is 1.22 bits per heavy atom. The quantitative estimate of drug-likeness (QED) is 0.463. The number of carbonyl (C=O) groups excluding carboxylic acids is 3. The lowest BCUT2D eigenvalue weighted by molar-refractivity contribution is -0.137. The van der Waals surface area contributed by atoms with Crippen molar-refractivity contribution in [2.75, 3.05) is 53.2 Å². The fourth-order valence-electron chi connectivity index (χ4n) is 3.91. The Kier molecular flexibility index (Phi) is 9.26. The highest BCUT2D eigenvalue weighted by Gasteiger charge is 2.31. The molecule has 2 aromatic rings. The maximum Gasteiger partial charge on any atom is 0.251 e. The molecule has 0 radical (unpaired) electrons. The van der Waals surface area contributed by atoms with Crippen molar-refractivity contribution in [1.29, 1.82) is 0 Å². The molecule has 3 N–H and O–H groups in total. The van der Waals surface area contributed by atoms with Gasteiger partial charge in [-0.2, -0.15) is 0 Å². The molecule has 0 fully saturated rings. The number of methoxy groups -OCH3 is 1. The van der Waals surface area contributed by atoms with Crippen LogP contribution in [0.4, 0.5) is 5.69 Å². The molecule has 0 saturated heterocycles. The number of anilines is 1. The summed E-state index contributed by atoms with van der Waals surface area (Å²) in [6, 6.07) is 11.9. The van der Waals surface area contributed by atoms with E-state index in [-0.39, 0.29) is 37.4 Å². The van der Waals surface area contributed by atoms with Gasteiger partial charge in [-0.15, -0.1) is 0 Å². The summed E-state index contributed by atoms with van der Waals surface area (Å²) in [6.45, 7) is 0.212. The van der Waals surface area contributed by atoms with Gasteiger partial charge in [-0.05, 0) is 48.4 Å².